The number of hydrogen-bond donors (Lipinski definition) is 0. The van der Waals surface area contributed by atoms with Crippen LogP contribution >= 0.6 is 23.2 Å². The molecule has 0 N–H and O–H groups in total. The minimum atomic E-state index is -0.805. The standard InChI is InChI=1S/C18H14Cl2N2O3/c1-2-24-18(23)25-17-11-16(12-4-3-5-14(20)10-12)22(21-17)15-8-6-13(19)7-9-15/h3-11H,2H2,1H3. The van der Waals surface area contributed by atoms with E-state index in [9.17, 15) is 4.79 Å². The molecule has 1 heterocycles. The lowest BCUT2D eigenvalue weighted by molar-refractivity contribution is 0.102. The molecule has 1 aromatic heterocycles. The molecule has 128 valence electrons. The highest BCUT2D eigenvalue weighted by Gasteiger charge is 2.16. The van der Waals surface area contributed by atoms with Gasteiger partial charge in [-0.15, -0.1) is 5.10 Å². The van der Waals surface area contributed by atoms with Crippen LogP contribution in [0.15, 0.2) is 54.6 Å². The molecular weight excluding hydrogens is 363 g/mol. The van der Waals surface area contributed by atoms with E-state index < -0.39 is 6.16 Å². The second kappa shape index (κ2) is 7.59. The molecular formula is C18H14Cl2N2O3. The molecule has 3 rings (SSSR count). The summed E-state index contributed by atoms with van der Waals surface area (Å²) in [5.74, 6) is 0.128. The first kappa shape index (κ1) is 17.3. The zero-order valence-electron chi connectivity index (χ0n) is 13.3. The van der Waals surface area contributed by atoms with E-state index in [1.807, 2.05) is 24.3 Å². The second-order valence-electron chi connectivity index (χ2n) is 5.05. The quantitative estimate of drug-likeness (QED) is 0.573. The Bertz CT molecular complexity index is 892. The molecule has 0 radical (unpaired) electrons. The third-order valence-corrected chi connectivity index (χ3v) is 3.82. The number of carbonyl (C=O) groups is 1. The summed E-state index contributed by atoms with van der Waals surface area (Å²) in [6, 6.07) is 16.1. The molecule has 3 aromatic rings. The summed E-state index contributed by atoms with van der Waals surface area (Å²) < 4.78 is 11.6. The van der Waals surface area contributed by atoms with Gasteiger partial charge in [-0.2, -0.15) is 0 Å². The molecule has 25 heavy (non-hydrogen) atoms. The number of halogens is 2. The number of rotatable bonds is 4. The minimum absolute atomic E-state index is 0.128. The number of aromatic nitrogens is 2. The fourth-order valence-electron chi connectivity index (χ4n) is 2.27. The average molecular weight is 377 g/mol. The maximum atomic E-state index is 11.6. The highest BCUT2D eigenvalue weighted by atomic mass is 35.5. The van der Waals surface area contributed by atoms with Crippen molar-refractivity contribution < 1.29 is 14.3 Å². The molecule has 2 aromatic carbocycles. The molecule has 0 fully saturated rings. The van der Waals surface area contributed by atoms with Gasteiger partial charge in [-0.3, -0.25) is 0 Å². The van der Waals surface area contributed by atoms with Crippen LogP contribution in [0.2, 0.25) is 10.0 Å². The lowest BCUT2D eigenvalue weighted by Crippen LogP contribution is -2.10. The summed E-state index contributed by atoms with van der Waals surface area (Å²) in [5, 5.41) is 5.55. The van der Waals surface area contributed by atoms with Gasteiger partial charge < -0.3 is 9.47 Å². The molecule has 0 unspecified atom stereocenters. The predicted molar refractivity (Wildman–Crippen MR) is 96.7 cm³/mol. The zero-order valence-corrected chi connectivity index (χ0v) is 14.8. The Morgan fingerprint density at radius 2 is 1.84 bits per heavy atom. The number of hydrogen-bond acceptors (Lipinski definition) is 4. The smallest absolute Gasteiger partial charge is 0.434 e. The third-order valence-electron chi connectivity index (χ3n) is 3.33. The Morgan fingerprint density at radius 1 is 1.08 bits per heavy atom. The van der Waals surface area contributed by atoms with Crippen LogP contribution in [0.1, 0.15) is 6.92 Å². The molecule has 0 saturated carbocycles. The van der Waals surface area contributed by atoms with E-state index >= 15 is 0 Å². The van der Waals surface area contributed by atoms with Crippen molar-refractivity contribution in [3.05, 3.63) is 64.6 Å². The molecule has 0 saturated heterocycles. The number of ether oxygens (including phenoxy) is 2. The van der Waals surface area contributed by atoms with Gasteiger partial charge in [-0.1, -0.05) is 35.3 Å². The topological polar surface area (TPSA) is 53.4 Å². The summed E-state index contributed by atoms with van der Waals surface area (Å²) in [7, 11) is 0. The maximum Gasteiger partial charge on any atom is 0.515 e. The summed E-state index contributed by atoms with van der Waals surface area (Å²) in [6.45, 7) is 1.92. The molecule has 0 atom stereocenters. The van der Waals surface area contributed by atoms with Gasteiger partial charge in [-0.05, 0) is 43.3 Å². The van der Waals surface area contributed by atoms with Gasteiger partial charge in [0.1, 0.15) is 0 Å². The van der Waals surface area contributed by atoms with E-state index in [-0.39, 0.29) is 12.5 Å². The molecule has 7 heteroatoms. The van der Waals surface area contributed by atoms with E-state index in [0.29, 0.717) is 15.7 Å². The van der Waals surface area contributed by atoms with Crippen LogP contribution in [-0.4, -0.2) is 22.5 Å². The van der Waals surface area contributed by atoms with E-state index in [1.54, 1.807) is 41.9 Å². The first-order chi connectivity index (χ1) is 12.1. The fourth-order valence-corrected chi connectivity index (χ4v) is 2.59. The molecule has 5 nitrogen and oxygen atoms in total. The van der Waals surface area contributed by atoms with Crippen molar-refractivity contribution >= 4 is 29.4 Å². The van der Waals surface area contributed by atoms with E-state index in [1.165, 1.54) is 0 Å². The lowest BCUT2D eigenvalue weighted by Gasteiger charge is -2.07. The summed E-state index contributed by atoms with van der Waals surface area (Å²) in [6.07, 6.45) is -0.805. The first-order valence-electron chi connectivity index (χ1n) is 7.53. The Kier molecular flexibility index (Phi) is 5.26. The normalized spacial score (nSPS) is 10.5. The van der Waals surface area contributed by atoms with Gasteiger partial charge in [0.15, 0.2) is 0 Å². The van der Waals surface area contributed by atoms with Gasteiger partial charge >= 0.3 is 6.16 Å². The number of nitrogens with zero attached hydrogens (tertiary/aromatic N) is 2. The predicted octanol–water partition coefficient (Wildman–Crippen LogP) is 5.38. The van der Waals surface area contributed by atoms with Gasteiger partial charge in [0, 0.05) is 21.7 Å². The molecule has 0 amide bonds. The van der Waals surface area contributed by atoms with Crippen LogP contribution in [-0.2, 0) is 4.74 Å². The van der Waals surface area contributed by atoms with Crippen molar-refractivity contribution in [1.29, 1.82) is 0 Å². The zero-order chi connectivity index (χ0) is 17.8. The van der Waals surface area contributed by atoms with Crippen LogP contribution < -0.4 is 4.74 Å². The van der Waals surface area contributed by atoms with E-state index in [4.69, 9.17) is 32.7 Å². The van der Waals surface area contributed by atoms with Gasteiger partial charge in [0.25, 0.3) is 0 Å². The summed E-state index contributed by atoms with van der Waals surface area (Å²) in [4.78, 5) is 11.6. The Morgan fingerprint density at radius 3 is 2.52 bits per heavy atom. The number of benzene rings is 2. The second-order valence-corrected chi connectivity index (χ2v) is 5.92. The van der Waals surface area contributed by atoms with Crippen molar-refractivity contribution in [3.63, 3.8) is 0 Å². The molecule has 0 spiro atoms. The van der Waals surface area contributed by atoms with Crippen molar-refractivity contribution in [3.8, 4) is 22.8 Å². The van der Waals surface area contributed by atoms with Gasteiger partial charge in [-0.25, -0.2) is 9.48 Å². The maximum absolute atomic E-state index is 11.6. The van der Waals surface area contributed by atoms with Crippen molar-refractivity contribution in [2.75, 3.05) is 6.61 Å². The highest BCUT2D eigenvalue weighted by Crippen LogP contribution is 2.29. The van der Waals surface area contributed by atoms with Gasteiger partial charge in [0.05, 0.1) is 18.0 Å². The van der Waals surface area contributed by atoms with Gasteiger partial charge in [0.2, 0.25) is 5.88 Å². The largest absolute Gasteiger partial charge is 0.515 e. The molecule has 0 aliphatic carbocycles. The average Bonchev–Trinajstić information content (AvgIpc) is 2.99. The fraction of sp³-hybridized carbons (Fsp3) is 0.111. The third kappa shape index (κ3) is 4.13. The monoisotopic (exact) mass is 376 g/mol. The Hall–Kier alpha value is -2.50. The summed E-state index contributed by atoms with van der Waals surface area (Å²) in [5.41, 5.74) is 2.30. The van der Waals surface area contributed by atoms with E-state index in [2.05, 4.69) is 5.10 Å². The van der Waals surface area contributed by atoms with E-state index in [0.717, 1.165) is 11.3 Å². The van der Waals surface area contributed by atoms with Crippen molar-refractivity contribution in [2.45, 2.75) is 6.92 Å². The van der Waals surface area contributed by atoms with Crippen LogP contribution in [0.25, 0.3) is 16.9 Å². The van der Waals surface area contributed by atoms with Crippen molar-refractivity contribution in [1.82, 2.24) is 9.78 Å². The molecule has 0 aliphatic heterocycles. The molecule has 0 aliphatic rings. The number of carbonyl (C=O) groups excluding carboxylic acids is 1. The first-order valence-corrected chi connectivity index (χ1v) is 8.29. The Labute approximate surface area is 154 Å². The minimum Gasteiger partial charge on any atom is -0.434 e. The molecule has 0 bridgehead atoms. The summed E-state index contributed by atoms with van der Waals surface area (Å²) >= 11 is 12.0. The Balaban J connectivity index is 2.06. The van der Waals surface area contributed by atoms with Crippen LogP contribution in [0.5, 0.6) is 5.88 Å². The van der Waals surface area contributed by atoms with Crippen LogP contribution in [0.4, 0.5) is 4.79 Å². The lowest BCUT2D eigenvalue weighted by atomic mass is 10.1. The van der Waals surface area contributed by atoms with Crippen LogP contribution in [0.3, 0.4) is 0 Å². The van der Waals surface area contributed by atoms with Crippen LogP contribution in [0, 0.1) is 0 Å². The van der Waals surface area contributed by atoms with Crippen molar-refractivity contribution in [2.24, 2.45) is 0 Å². The highest BCUT2D eigenvalue weighted by molar-refractivity contribution is 6.31. The SMILES string of the molecule is CCOC(=O)Oc1cc(-c2cccc(Cl)c2)n(-c2ccc(Cl)cc2)n1.